The maximum atomic E-state index is 12.3. The van der Waals surface area contributed by atoms with Crippen LogP contribution >= 0.6 is 11.3 Å². The van der Waals surface area contributed by atoms with Crippen molar-refractivity contribution in [1.82, 2.24) is 4.57 Å². The average Bonchev–Trinajstić information content (AvgIpc) is 2.68. The van der Waals surface area contributed by atoms with E-state index in [-0.39, 0.29) is 16.9 Å². The van der Waals surface area contributed by atoms with E-state index in [0.717, 1.165) is 11.3 Å². The zero-order valence-corrected chi connectivity index (χ0v) is 13.3. The topological polar surface area (TPSA) is 60.3 Å². The average molecular weight is 306 g/mol. The maximum absolute atomic E-state index is 12.3. The Morgan fingerprint density at radius 2 is 2.00 bits per heavy atom. The number of thiazole rings is 1. The molecule has 5 nitrogen and oxygen atoms in total. The molecule has 6 heteroatoms. The van der Waals surface area contributed by atoms with E-state index < -0.39 is 0 Å². The normalized spacial score (nSPS) is 10.7. The lowest BCUT2D eigenvalue weighted by molar-refractivity contribution is 0.102. The summed E-state index contributed by atoms with van der Waals surface area (Å²) < 4.78 is 7.13. The SMILES string of the molecule is Cc1c(C(=O)Nc2ccccc2OC(C)C)sc(=O)n1C. The molecular formula is C15H18N2O3S. The lowest BCUT2D eigenvalue weighted by Gasteiger charge is -2.14. The zero-order chi connectivity index (χ0) is 15.6. The van der Waals surface area contributed by atoms with Gasteiger partial charge >= 0.3 is 4.87 Å². The standard InChI is InChI=1S/C15H18N2O3S/c1-9(2)20-12-8-6-5-7-11(12)16-14(18)13-10(3)17(4)15(19)21-13/h5-9H,1-4H3,(H,16,18). The minimum Gasteiger partial charge on any atom is -0.489 e. The Hall–Kier alpha value is -2.08. The summed E-state index contributed by atoms with van der Waals surface area (Å²) in [4.78, 5) is 24.2. The van der Waals surface area contributed by atoms with Gasteiger partial charge in [0.15, 0.2) is 0 Å². The summed E-state index contributed by atoms with van der Waals surface area (Å²) in [7, 11) is 1.65. The van der Waals surface area contributed by atoms with Crippen LogP contribution in [0.4, 0.5) is 5.69 Å². The fraction of sp³-hybridized carbons (Fsp3) is 0.333. The van der Waals surface area contributed by atoms with Gasteiger partial charge in [-0.15, -0.1) is 0 Å². The van der Waals surface area contributed by atoms with Gasteiger partial charge in [0.05, 0.1) is 11.8 Å². The van der Waals surface area contributed by atoms with Crippen LogP contribution in [0.2, 0.25) is 0 Å². The first-order valence-electron chi connectivity index (χ1n) is 6.63. The molecule has 0 aliphatic rings. The van der Waals surface area contributed by atoms with E-state index in [2.05, 4.69) is 5.32 Å². The fourth-order valence-corrected chi connectivity index (χ4v) is 2.71. The molecule has 0 bridgehead atoms. The number of para-hydroxylation sites is 2. The van der Waals surface area contributed by atoms with Gasteiger partial charge < -0.3 is 14.6 Å². The van der Waals surface area contributed by atoms with E-state index in [9.17, 15) is 9.59 Å². The minimum atomic E-state index is -0.296. The third kappa shape index (κ3) is 3.33. The Morgan fingerprint density at radius 3 is 2.57 bits per heavy atom. The van der Waals surface area contributed by atoms with Crippen molar-refractivity contribution >= 4 is 22.9 Å². The fourth-order valence-electron chi connectivity index (χ4n) is 1.84. The Balaban J connectivity index is 2.27. The number of anilines is 1. The number of nitrogens with zero attached hydrogens (tertiary/aromatic N) is 1. The number of ether oxygens (including phenoxy) is 1. The largest absolute Gasteiger partial charge is 0.489 e. The highest BCUT2D eigenvalue weighted by Crippen LogP contribution is 2.26. The van der Waals surface area contributed by atoms with Gasteiger partial charge in [0.1, 0.15) is 10.6 Å². The van der Waals surface area contributed by atoms with Crippen molar-refractivity contribution in [2.75, 3.05) is 5.32 Å². The summed E-state index contributed by atoms with van der Waals surface area (Å²) in [6.45, 7) is 5.60. The van der Waals surface area contributed by atoms with E-state index in [1.54, 1.807) is 26.1 Å². The van der Waals surface area contributed by atoms with Crippen molar-refractivity contribution in [3.63, 3.8) is 0 Å². The molecule has 0 saturated heterocycles. The summed E-state index contributed by atoms with van der Waals surface area (Å²) in [5.41, 5.74) is 1.25. The lowest BCUT2D eigenvalue weighted by Crippen LogP contribution is -2.15. The van der Waals surface area contributed by atoms with Crippen molar-refractivity contribution in [3.8, 4) is 5.75 Å². The van der Waals surface area contributed by atoms with Crippen molar-refractivity contribution in [3.05, 3.63) is 44.5 Å². The highest BCUT2D eigenvalue weighted by atomic mass is 32.1. The van der Waals surface area contributed by atoms with Crippen molar-refractivity contribution in [2.24, 2.45) is 7.05 Å². The molecule has 112 valence electrons. The maximum Gasteiger partial charge on any atom is 0.307 e. The van der Waals surface area contributed by atoms with Crippen LogP contribution in [0.25, 0.3) is 0 Å². The Kier molecular flexibility index (Phi) is 4.47. The van der Waals surface area contributed by atoms with E-state index in [1.807, 2.05) is 26.0 Å². The number of carbonyl (C=O) groups excluding carboxylic acids is 1. The molecule has 1 aromatic carbocycles. The number of nitrogens with one attached hydrogen (secondary N) is 1. The summed E-state index contributed by atoms with van der Waals surface area (Å²) in [6.07, 6.45) is 0.0116. The van der Waals surface area contributed by atoms with Gasteiger partial charge in [0, 0.05) is 12.7 Å². The molecule has 0 saturated carbocycles. The molecule has 1 aromatic heterocycles. The number of amides is 1. The molecule has 0 unspecified atom stereocenters. The van der Waals surface area contributed by atoms with E-state index >= 15 is 0 Å². The summed E-state index contributed by atoms with van der Waals surface area (Å²) in [6, 6.07) is 7.25. The first kappa shape index (κ1) is 15.3. The Bertz CT molecular complexity index is 716. The van der Waals surface area contributed by atoms with Crippen molar-refractivity contribution < 1.29 is 9.53 Å². The molecular weight excluding hydrogens is 288 g/mol. The van der Waals surface area contributed by atoms with Crippen molar-refractivity contribution in [1.29, 1.82) is 0 Å². The number of benzene rings is 1. The summed E-state index contributed by atoms with van der Waals surface area (Å²) in [5.74, 6) is 0.316. The van der Waals surface area contributed by atoms with E-state index in [0.29, 0.717) is 22.0 Å². The van der Waals surface area contributed by atoms with Crippen LogP contribution in [0.5, 0.6) is 5.75 Å². The third-order valence-corrected chi connectivity index (χ3v) is 4.13. The van der Waals surface area contributed by atoms with E-state index in [1.165, 1.54) is 4.57 Å². The number of hydrogen-bond donors (Lipinski definition) is 1. The molecule has 1 amide bonds. The summed E-state index contributed by atoms with van der Waals surface area (Å²) in [5, 5.41) is 2.81. The van der Waals surface area contributed by atoms with Gasteiger partial charge in [0.2, 0.25) is 0 Å². The highest BCUT2D eigenvalue weighted by Gasteiger charge is 2.17. The van der Waals surface area contributed by atoms with Gasteiger partial charge in [-0.2, -0.15) is 0 Å². The Labute approximate surface area is 127 Å². The lowest BCUT2D eigenvalue weighted by atomic mass is 10.2. The van der Waals surface area contributed by atoms with Crippen LogP contribution in [0.15, 0.2) is 29.1 Å². The molecule has 0 aliphatic heterocycles. The molecule has 2 rings (SSSR count). The minimum absolute atomic E-state index is 0.0116. The molecule has 1 heterocycles. The first-order valence-corrected chi connectivity index (χ1v) is 7.45. The van der Waals surface area contributed by atoms with Crippen LogP contribution in [0.3, 0.4) is 0 Å². The van der Waals surface area contributed by atoms with Gasteiger partial charge in [-0.3, -0.25) is 9.59 Å². The second kappa shape index (κ2) is 6.13. The van der Waals surface area contributed by atoms with Gasteiger partial charge in [0.25, 0.3) is 5.91 Å². The highest BCUT2D eigenvalue weighted by molar-refractivity contribution is 7.11. The molecule has 0 atom stereocenters. The zero-order valence-electron chi connectivity index (χ0n) is 12.5. The molecule has 0 spiro atoms. The smallest absolute Gasteiger partial charge is 0.307 e. The van der Waals surface area contributed by atoms with Crippen molar-refractivity contribution in [2.45, 2.75) is 26.9 Å². The number of aromatic nitrogens is 1. The van der Waals surface area contributed by atoms with Gasteiger partial charge in [-0.25, -0.2) is 0 Å². The monoisotopic (exact) mass is 306 g/mol. The number of hydrogen-bond acceptors (Lipinski definition) is 4. The summed E-state index contributed by atoms with van der Waals surface area (Å²) >= 11 is 0.943. The first-order chi connectivity index (χ1) is 9.90. The number of carbonyl (C=O) groups is 1. The molecule has 0 fully saturated rings. The van der Waals surface area contributed by atoms with Crippen LogP contribution in [-0.4, -0.2) is 16.6 Å². The quantitative estimate of drug-likeness (QED) is 0.945. The molecule has 2 aromatic rings. The second-order valence-corrected chi connectivity index (χ2v) is 5.92. The Morgan fingerprint density at radius 1 is 1.33 bits per heavy atom. The predicted molar refractivity (Wildman–Crippen MR) is 84.5 cm³/mol. The second-order valence-electron chi connectivity index (χ2n) is 4.96. The van der Waals surface area contributed by atoms with Crippen LogP contribution < -0.4 is 14.9 Å². The van der Waals surface area contributed by atoms with Gasteiger partial charge in [-0.05, 0) is 32.9 Å². The van der Waals surface area contributed by atoms with Crippen LogP contribution in [0, 0.1) is 6.92 Å². The molecule has 21 heavy (non-hydrogen) atoms. The number of rotatable bonds is 4. The van der Waals surface area contributed by atoms with Crippen LogP contribution in [0.1, 0.15) is 29.2 Å². The molecule has 1 N–H and O–H groups in total. The predicted octanol–water partition coefficient (Wildman–Crippen LogP) is 2.79. The van der Waals surface area contributed by atoms with Gasteiger partial charge in [-0.1, -0.05) is 23.5 Å². The third-order valence-electron chi connectivity index (χ3n) is 3.00. The van der Waals surface area contributed by atoms with E-state index in [4.69, 9.17) is 4.74 Å². The molecule has 0 aliphatic carbocycles. The molecule has 0 radical (unpaired) electrons. The van der Waals surface area contributed by atoms with Crippen LogP contribution in [-0.2, 0) is 7.05 Å².